The molecular formula is C13H13F2N3O2S. The van der Waals surface area contributed by atoms with Gasteiger partial charge < -0.3 is 9.42 Å². The van der Waals surface area contributed by atoms with Crippen molar-refractivity contribution in [3.05, 3.63) is 34.1 Å². The van der Waals surface area contributed by atoms with Crippen LogP contribution in [0.15, 0.2) is 22.2 Å². The number of halogens is 2. The predicted molar refractivity (Wildman–Crippen MR) is 70.9 cm³/mol. The molecule has 1 unspecified atom stereocenters. The second kappa shape index (κ2) is 5.18. The molecule has 21 heavy (non-hydrogen) atoms. The predicted octanol–water partition coefficient (Wildman–Crippen LogP) is 2.90. The summed E-state index contributed by atoms with van der Waals surface area (Å²) in [5.74, 6) is -4.23. The van der Waals surface area contributed by atoms with Gasteiger partial charge in [-0.3, -0.25) is 4.79 Å². The first kappa shape index (κ1) is 14.1. The summed E-state index contributed by atoms with van der Waals surface area (Å²) < 4.78 is 33.5. The highest BCUT2D eigenvalue weighted by Crippen LogP contribution is 2.38. The molecule has 5 nitrogen and oxygen atoms in total. The second-order valence-electron chi connectivity index (χ2n) is 4.93. The molecule has 1 amide bonds. The highest BCUT2D eigenvalue weighted by Gasteiger charge is 2.49. The van der Waals surface area contributed by atoms with E-state index < -0.39 is 22.9 Å². The SMILES string of the molecule is Cc1cc(C2CCCN2C(=O)C(F)(F)c2nccs2)no1. The van der Waals surface area contributed by atoms with Gasteiger partial charge in [0, 0.05) is 24.2 Å². The van der Waals surface area contributed by atoms with E-state index in [9.17, 15) is 13.6 Å². The Bertz CT molecular complexity index is 642. The maximum absolute atomic E-state index is 14.2. The molecule has 0 N–H and O–H groups in total. The molecule has 1 aliphatic rings. The fourth-order valence-electron chi connectivity index (χ4n) is 2.51. The van der Waals surface area contributed by atoms with E-state index in [1.165, 1.54) is 16.5 Å². The molecule has 1 aliphatic heterocycles. The maximum Gasteiger partial charge on any atom is 0.375 e. The number of nitrogens with zero attached hydrogens (tertiary/aromatic N) is 3. The van der Waals surface area contributed by atoms with Crippen molar-refractivity contribution in [2.24, 2.45) is 0 Å². The first-order valence-corrected chi connectivity index (χ1v) is 7.40. The van der Waals surface area contributed by atoms with Crippen LogP contribution in [0.4, 0.5) is 8.78 Å². The topological polar surface area (TPSA) is 59.2 Å². The van der Waals surface area contributed by atoms with Crippen LogP contribution in [0.2, 0.25) is 0 Å². The number of carbonyl (C=O) groups excluding carboxylic acids is 1. The van der Waals surface area contributed by atoms with Crippen molar-refractivity contribution in [1.82, 2.24) is 15.0 Å². The number of hydrogen-bond acceptors (Lipinski definition) is 5. The number of alkyl halides is 2. The van der Waals surface area contributed by atoms with Gasteiger partial charge in [0.15, 0.2) is 5.01 Å². The first-order chi connectivity index (χ1) is 10.00. The number of hydrogen-bond donors (Lipinski definition) is 0. The van der Waals surface area contributed by atoms with E-state index in [4.69, 9.17) is 4.52 Å². The van der Waals surface area contributed by atoms with E-state index in [0.717, 1.165) is 11.3 Å². The van der Waals surface area contributed by atoms with Gasteiger partial charge in [-0.2, -0.15) is 8.78 Å². The Morgan fingerprint density at radius 3 is 3.00 bits per heavy atom. The van der Waals surface area contributed by atoms with Crippen LogP contribution in [0.25, 0.3) is 0 Å². The number of rotatable bonds is 3. The quantitative estimate of drug-likeness (QED) is 0.874. The van der Waals surface area contributed by atoms with Crippen molar-refractivity contribution in [1.29, 1.82) is 0 Å². The highest BCUT2D eigenvalue weighted by atomic mass is 32.1. The Hall–Kier alpha value is -1.83. The number of carbonyl (C=O) groups is 1. The van der Waals surface area contributed by atoms with Gasteiger partial charge in [-0.1, -0.05) is 5.16 Å². The van der Waals surface area contributed by atoms with Crippen molar-refractivity contribution < 1.29 is 18.1 Å². The summed E-state index contributed by atoms with van der Waals surface area (Å²) in [5, 5.41) is 4.80. The number of thiazole rings is 1. The monoisotopic (exact) mass is 313 g/mol. The number of aryl methyl sites for hydroxylation is 1. The van der Waals surface area contributed by atoms with Gasteiger partial charge in [-0.15, -0.1) is 11.3 Å². The lowest BCUT2D eigenvalue weighted by atomic mass is 10.1. The lowest BCUT2D eigenvalue weighted by molar-refractivity contribution is -0.160. The van der Waals surface area contributed by atoms with Gasteiger partial charge in [0.1, 0.15) is 11.5 Å². The summed E-state index contributed by atoms with van der Waals surface area (Å²) in [7, 11) is 0. The van der Waals surface area contributed by atoms with Crippen LogP contribution in [-0.4, -0.2) is 27.5 Å². The molecule has 8 heteroatoms. The number of likely N-dealkylation sites (tertiary alicyclic amines) is 1. The average molecular weight is 313 g/mol. The third-order valence-electron chi connectivity index (χ3n) is 3.47. The lowest BCUT2D eigenvalue weighted by Crippen LogP contribution is -2.41. The molecule has 112 valence electrons. The largest absolute Gasteiger partial charge is 0.375 e. The fraction of sp³-hybridized carbons (Fsp3) is 0.462. The van der Waals surface area contributed by atoms with Gasteiger partial charge >= 0.3 is 11.8 Å². The van der Waals surface area contributed by atoms with Gasteiger partial charge in [-0.05, 0) is 19.8 Å². The molecule has 0 aromatic carbocycles. The van der Waals surface area contributed by atoms with Crippen LogP contribution in [0.5, 0.6) is 0 Å². The third kappa shape index (κ3) is 2.44. The van der Waals surface area contributed by atoms with Gasteiger partial charge in [-0.25, -0.2) is 4.98 Å². The van der Waals surface area contributed by atoms with Crippen molar-refractivity contribution in [2.75, 3.05) is 6.54 Å². The molecule has 0 bridgehead atoms. The van der Waals surface area contributed by atoms with Crippen LogP contribution in [-0.2, 0) is 10.7 Å². The van der Waals surface area contributed by atoms with Gasteiger partial charge in [0.05, 0.1) is 6.04 Å². The molecule has 0 aliphatic carbocycles. The zero-order chi connectivity index (χ0) is 15.0. The second-order valence-corrected chi connectivity index (χ2v) is 5.83. The van der Waals surface area contributed by atoms with Crippen molar-refractivity contribution in [3.8, 4) is 0 Å². The maximum atomic E-state index is 14.2. The minimum atomic E-state index is -3.60. The zero-order valence-corrected chi connectivity index (χ0v) is 12.1. The first-order valence-electron chi connectivity index (χ1n) is 6.52. The van der Waals surface area contributed by atoms with Crippen LogP contribution in [0.3, 0.4) is 0 Å². The van der Waals surface area contributed by atoms with Crippen LogP contribution < -0.4 is 0 Å². The summed E-state index contributed by atoms with van der Waals surface area (Å²) >= 11 is 0.775. The smallest absolute Gasteiger partial charge is 0.361 e. The lowest BCUT2D eigenvalue weighted by Gasteiger charge is -2.26. The highest BCUT2D eigenvalue weighted by molar-refractivity contribution is 7.09. The van der Waals surface area contributed by atoms with E-state index in [0.29, 0.717) is 24.3 Å². The molecule has 0 radical (unpaired) electrons. The third-order valence-corrected chi connectivity index (χ3v) is 4.31. The number of amides is 1. The van der Waals surface area contributed by atoms with Crippen LogP contribution in [0, 0.1) is 6.92 Å². The van der Waals surface area contributed by atoms with E-state index in [-0.39, 0.29) is 6.54 Å². The molecule has 3 rings (SSSR count). The number of aromatic nitrogens is 2. The van der Waals surface area contributed by atoms with Crippen molar-refractivity contribution >= 4 is 17.2 Å². The molecule has 1 atom stereocenters. The molecule has 1 saturated heterocycles. The molecule has 2 aromatic heterocycles. The van der Waals surface area contributed by atoms with E-state index in [2.05, 4.69) is 10.1 Å². The standard InChI is InChI=1S/C13H13F2N3O2S/c1-8-7-9(17-20-8)10-3-2-5-18(10)12(19)13(14,15)11-16-4-6-21-11/h4,6-7,10H,2-3,5H2,1H3. The Balaban J connectivity index is 1.87. The summed E-state index contributed by atoms with van der Waals surface area (Å²) in [6.07, 6.45) is 2.53. The molecule has 1 fully saturated rings. The summed E-state index contributed by atoms with van der Waals surface area (Å²) in [6, 6.07) is 1.22. The van der Waals surface area contributed by atoms with E-state index in [1.54, 1.807) is 13.0 Å². The summed E-state index contributed by atoms with van der Waals surface area (Å²) in [4.78, 5) is 17.0. The van der Waals surface area contributed by atoms with E-state index in [1.807, 2.05) is 0 Å². The van der Waals surface area contributed by atoms with Crippen molar-refractivity contribution in [3.63, 3.8) is 0 Å². The Labute approximate surface area is 123 Å². The minimum Gasteiger partial charge on any atom is -0.361 e. The zero-order valence-electron chi connectivity index (χ0n) is 11.3. The normalized spacial score (nSPS) is 19.2. The Morgan fingerprint density at radius 1 is 1.57 bits per heavy atom. The molecule has 3 heterocycles. The summed E-state index contributed by atoms with van der Waals surface area (Å²) in [6.45, 7) is 2.01. The van der Waals surface area contributed by atoms with Crippen LogP contribution in [0.1, 0.15) is 35.3 Å². The average Bonchev–Trinajstić information content (AvgIpc) is 3.18. The van der Waals surface area contributed by atoms with Gasteiger partial charge in [0.2, 0.25) is 0 Å². The Morgan fingerprint density at radius 2 is 2.38 bits per heavy atom. The van der Waals surface area contributed by atoms with Crippen molar-refractivity contribution in [2.45, 2.75) is 31.7 Å². The Kier molecular flexibility index (Phi) is 3.48. The summed E-state index contributed by atoms with van der Waals surface area (Å²) in [5.41, 5.74) is 0.522. The molecule has 0 spiro atoms. The van der Waals surface area contributed by atoms with E-state index >= 15 is 0 Å². The van der Waals surface area contributed by atoms with Gasteiger partial charge in [0.25, 0.3) is 0 Å². The van der Waals surface area contributed by atoms with Crippen LogP contribution >= 0.6 is 11.3 Å². The molecular weight excluding hydrogens is 300 g/mol. The fourth-order valence-corrected chi connectivity index (χ4v) is 3.12. The minimum absolute atomic E-state index is 0.288. The molecule has 2 aromatic rings. The molecule has 0 saturated carbocycles.